The van der Waals surface area contributed by atoms with Crippen molar-refractivity contribution in [3.63, 3.8) is 0 Å². The third-order valence-electron chi connectivity index (χ3n) is 3.73. The van der Waals surface area contributed by atoms with Crippen LogP contribution in [0.2, 0.25) is 0 Å². The molecule has 102 valence electrons. The van der Waals surface area contributed by atoms with Crippen molar-refractivity contribution < 1.29 is 9.53 Å². The number of carbonyl (C=O) groups is 1. The minimum Gasteiger partial charge on any atom is -0.481 e. The van der Waals surface area contributed by atoms with Crippen LogP contribution in [0.1, 0.15) is 5.56 Å². The smallest absolute Gasteiger partial charge is 0.317 e. The van der Waals surface area contributed by atoms with Gasteiger partial charge in [-0.3, -0.25) is 4.90 Å². The van der Waals surface area contributed by atoms with Crippen LogP contribution in [-0.2, 0) is 6.54 Å². The molecular weight excluding hydrogens is 244 g/mol. The van der Waals surface area contributed by atoms with Gasteiger partial charge < -0.3 is 15.0 Å². The number of aromatic nitrogens is 1. The monoisotopic (exact) mass is 262 g/mol. The summed E-state index contributed by atoms with van der Waals surface area (Å²) in [5.41, 5.74) is 1.17. The molecule has 0 aromatic carbocycles. The van der Waals surface area contributed by atoms with Crippen LogP contribution in [0.15, 0.2) is 18.3 Å². The Bertz CT molecular complexity index is 462. The Hall–Kier alpha value is -1.82. The quantitative estimate of drug-likeness (QED) is 0.851. The fourth-order valence-electron chi connectivity index (χ4n) is 2.70. The molecule has 1 aromatic heterocycles. The first-order valence-electron chi connectivity index (χ1n) is 6.52. The van der Waals surface area contributed by atoms with E-state index in [2.05, 4.69) is 15.2 Å². The molecule has 2 aliphatic heterocycles. The number of urea groups is 1. The van der Waals surface area contributed by atoms with E-state index < -0.39 is 0 Å². The summed E-state index contributed by atoms with van der Waals surface area (Å²) in [7, 11) is 1.62. The van der Waals surface area contributed by atoms with Crippen molar-refractivity contribution in [3.8, 4) is 5.88 Å². The molecule has 6 nitrogen and oxygen atoms in total. The molecule has 0 aliphatic carbocycles. The van der Waals surface area contributed by atoms with E-state index in [4.69, 9.17) is 4.74 Å². The van der Waals surface area contributed by atoms with Gasteiger partial charge in [-0.2, -0.15) is 0 Å². The molecule has 3 rings (SSSR count). The van der Waals surface area contributed by atoms with Crippen molar-refractivity contribution in [2.75, 3.05) is 33.3 Å². The largest absolute Gasteiger partial charge is 0.481 e. The number of methoxy groups -OCH3 is 1. The zero-order valence-corrected chi connectivity index (χ0v) is 11.0. The normalized spacial score (nSPS) is 23.1. The highest BCUT2D eigenvalue weighted by atomic mass is 16.5. The maximum Gasteiger partial charge on any atom is 0.317 e. The molecule has 3 heterocycles. The SMILES string of the molecule is COc1ccc(CN2CCN3C(=O)NCC3C2)cn1. The van der Waals surface area contributed by atoms with Gasteiger partial charge >= 0.3 is 6.03 Å². The molecule has 0 radical (unpaired) electrons. The van der Waals surface area contributed by atoms with Gasteiger partial charge in [-0.15, -0.1) is 0 Å². The van der Waals surface area contributed by atoms with E-state index in [0.29, 0.717) is 11.9 Å². The molecule has 1 N–H and O–H groups in total. The Morgan fingerprint density at radius 2 is 2.37 bits per heavy atom. The summed E-state index contributed by atoms with van der Waals surface area (Å²) in [6.45, 7) is 4.27. The second-order valence-electron chi connectivity index (χ2n) is 4.98. The number of hydrogen-bond donors (Lipinski definition) is 1. The number of fused-ring (bicyclic) bond motifs is 1. The highest BCUT2D eigenvalue weighted by Gasteiger charge is 2.35. The number of nitrogens with one attached hydrogen (secondary N) is 1. The maximum absolute atomic E-state index is 11.5. The maximum atomic E-state index is 11.5. The van der Waals surface area contributed by atoms with E-state index in [9.17, 15) is 4.79 Å². The first-order valence-corrected chi connectivity index (χ1v) is 6.52. The lowest BCUT2D eigenvalue weighted by atomic mass is 10.1. The zero-order valence-electron chi connectivity index (χ0n) is 11.0. The number of nitrogens with zero attached hydrogens (tertiary/aromatic N) is 3. The third kappa shape index (κ3) is 2.49. The van der Waals surface area contributed by atoms with Crippen LogP contribution in [0.3, 0.4) is 0 Å². The van der Waals surface area contributed by atoms with E-state index in [1.165, 1.54) is 5.56 Å². The molecule has 2 amide bonds. The van der Waals surface area contributed by atoms with Crippen molar-refractivity contribution in [1.82, 2.24) is 20.1 Å². The van der Waals surface area contributed by atoms with Crippen LogP contribution in [0.5, 0.6) is 5.88 Å². The number of pyridine rings is 1. The van der Waals surface area contributed by atoms with Gasteiger partial charge in [0.05, 0.1) is 13.2 Å². The molecule has 2 fully saturated rings. The average Bonchev–Trinajstić information content (AvgIpc) is 2.81. The van der Waals surface area contributed by atoms with Gasteiger partial charge in [-0.25, -0.2) is 9.78 Å². The minimum atomic E-state index is 0.0794. The molecule has 2 saturated heterocycles. The summed E-state index contributed by atoms with van der Waals surface area (Å²) >= 11 is 0. The van der Waals surface area contributed by atoms with Gasteiger partial charge in [-0.1, -0.05) is 6.07 Å². The fourth-order valence-corrected chi connectivity index (χ4v) is 2.70. The number of ether oxygens (including phenoxy) is 1. The number of piperazine rings is 1. The first-order chi connectivity index (χ1) is 9.26. The summed E-state index contributed by atoms with van der Waals surface area (Å²) in [4.78, 5) is 20.0. The summed E-state index contributed by atoms with van der Waals surface area (Å²) < 4.78 is 5.05. The van der Waals surface area contributed by atoms with Crippen LogP contribution in [0.4, 0.5) is 4.79 Å². The summed E-state index contributed by atoms with van der Waals surface area (Å²) in [6.07, 6.45) is 1.85. The molecule has 1 atom stereocenters. The van der Waals surface area contributed by atoms with E-state index in [1.807, 2.05) is 23.2 Å². The standard InChI is InChI=1S/C13H18N4O2/c1-19-12-3-2-10(6-14-12)8-16-4-5-17-11(9-16)7-15-13(17)18/h2-3,6,11H,4-5,7-9H2,1H3,(H,15,18). The minimum absolute atomic E-state index is 0.0794. The lowest BCUT2D eigenvalue weighted by molar-refractivity contribution is 0.116. The summed E-state index contributed by atoms with van der Waals surface area (Å²) in [6, 6.07) is 4.31. The molecule has 0 bridgehead atoms. The van der Waals surface area contributed by atoms with Crippen molar-refractivity contribution >= 4 is 6.03 Å². The third-order valence-corrected chi connectivity index (χ3v) is 3.73. The van der Waals surface area contributed by atoms with E-state index in [1.54, 1.807) is 7.11 Å². The van der Waals surface area contributed by atoms with Crippen LogP contribution < -0.4 is 10.1 Å². The average molecular weight is 262 g/mol. The first kappa shape index (κ1) is 12.2. The lowest BCUT2D eigenvalue weighted by Crippen LogP contribution is -2.51. The van der Waals surface area contributed by atoms with Gasteiger partial charge in [0.15, 0.2) is 0 Å². The molecule has 1 aromatic rings. The fraction of sp³-hybridized carbons (Fsp3) is 0.538. The highest BCUT2D eigenvalue weighted by Crippen LogP contribution is 2.16. The number of carbonyl (C=O) groups excluding carboxylic acids is 1. The van der Waals surface area contributed by atoms with Gasteiger partial charge in [0.25, 0.3) is 0 Å². The van der Waals surface area contributed by atoms with E-state index in [-0.39, 0.29) is 6.03 Å². The summed E-state index contributed by atoms with van der Waals surface area (Å²) in [5, 5.41) is 2.89. The molecule has 19 heavy (non-hydrogen) atoms. The van der Waals surface area contributed by atoms with Gasteiger partial charge in [0.1, 0.15) is 0 Å². The molecule has 6 heteroatoms. The van der Waals surface area contributed by atoms with Gasteiger partial charge in [0.2, 0.25) is 5.88 Å². The Kier molecular flexibility index (Phi) is 3.25. The lowest BCUT2D eigenvalue weighted by Gasteiger charge is -2.36. The number of rotatable bonds is 3. The van der Waals surface area contributed by atoms with Crippen LogP contribution in [-0.4, -0.2) is 60.1 Å². The topological polar surface area (TPSA) is 57.7 Å². The Labute approximate surface area is 112 Å². The number of amides is 2. The van der Waals surface area contributed by atoms with E-state index in [0.717, 1.165) is 32.7 Å². The zero-order chi connectivity index (χ0) is 13.2. The van der Waals surface area contributed by atoms with Crippen molar-refractivity contribution in [1.29, 1.82) is 0 Å². The van der Waals surface area contributed by atoms with Gasteiger partial charge in [-0.05, 0) is 5.56 Å². The Balaban J connectivity index is 1.60. The Morgan fingerprint density at radius 3 is 3.11 bits per heavy atom. The number of hydrogen-bond acceptors (Lipinski definition) is 4. The second kappa shape index (κ2) is 5.05. The predicted octanol–water partition coefficient (Wildman–Crippen LogP) is 0.300. The molecule has 0 saturated carbocycles. The van der Waals surface area contributed by atoms with Crippen LogP contribution >= 0.6 is 0 Å². The predicted molar refractivity (Wildman–Crippen MR) is 70.0 cm³/mol. The Morgan fingerprint density at radius 1 is 1.47 bits per heavy atom. The highest BCUT2D eigenvalue weighted by molar-refractivity contribution is 5.77. The van der Waals surface area contributed by atoms with E-state index >= 15 is 0 Å². The molecular formula is C13H18N4O2. The summed E-state index contributed by atoms with van der Waals surface area (Å²) in [5.74, 6) is 0.638. The van der Waals surface area contributed by atoms with Gasteiger partial charge in [0, 0.05) is 45.0 Å². The molecule has 2 aliphatic rings. The molecule has 0 spiro atoms. The van der Waals surface area contributed by atoms with Crippen LogP contribution in [0, 0.1) is 0 Å². The molecule has 1 unspecified atom stereocenters. The van der Waals surface area contributed by atoms with Crippen LogP contribution in [0.25, 0.3) is 0 Å². The van der Waals surface area contributed by atoms with Crippen molar-refractivity contribution in [2.45, 2.75) is 12.6 Å². The van der Waals surface area contributed by atoms with Crippen molar-refractivity contribution in [2.24, 2.45) is 0 Å². The van der Waals surface area contributed by atoms with Crippen molar-refractivity contribution in [3.05, 3.63) is 23.9 Å². The second-order valence-corrected chi connectivity index (χ2v) is 4.98.